The van der Waals surface area contributed by atoms with Crippen molar-refractivity contribution in [1.29, 1.82) is 5.26 Å². The number of halogens is 2. The number of nitriles is 1. The first-order chi connectivity index (χ1) is 11.3. The number of aryl methyl sites for hydroxylation is 1. The maximum Gasteiger partial charge on any atom is 0.258 e. The van der Waals surface area contributed by atoms with Crippen LogP contribution in [0, 0.1) is 18.3 Å². The second-order valence-electron chi connectivity index (χ2n) is 5.52. The number of fused-ring (bicyclic) bond motifs is 1. The van der Waals surface area contributed by atoms with Crippen molar-refractivity contribution in [3.8, 4) is 11.8 Å². The van der Waals surface area contributed by atoms with Crippen LogP contribution in [0.1, 0.15) is 22.7 Å². The first-order valence-electron chi connectivity index (χ1n) is 7.08. The van der Waals surface area contributed by atoms with E-state index in [1.807, 2.05) is 6.07 Å². The summed E-state index contributed by atoms with van der Waals surface area (Å²) in [6.45, 7) is 1.79. The molecule has 0 saturated carbocycles. The third-order valence-electron chi connectivity index (χ3n) is 4.13. The fourth-order valence-electron chi connectivity index (χ4n) is 2.79. The van der Waals surface area contributed by atoms with Crippen molar-refractivity contribution in [2.75, 3.05) is 0 Å². The van der Waals surface area contributed by atoms with Crippen LogP contribution in [0.15, 0.2) is 40.5 Å². The van der Waals surface area contributed by atoms with E-state index in [-0.39, 0.29) is 17.0 Å². The number of rotatable bonds is 1. The maximum absolute atomic E-state index is 12.8. The van der Waals surface area contributed by atoms with Crippen LogP contribution < -0.4 is 16.0 Å². The minimum atomic E-state index is -0.706. The van der Waals surface area contributed by atoms with Crippen molar-refractivity contribution in [2.45, 2.75) is 12.8 Å². The number of nitrogens with two attached hydrogens (primary N) is 1. The second kappa shape index (κ2) is 5.90. The summed E-state index contributed by atoms with van der Waals surface area (Å²) in [4.78, 5) is 12.8. The number of hydrogen-bond acceptors (Lipinski definition) is 4. The van der Waals surface area contributed by atoms with Gasteiger partial charge >= 0.3 is 0 Å². The lowest BCUT2D eigenvalue weighted by Gasteiger charge is -2.27. The van der Waals surface area contributed by atoms with Gasteiger partial charge in [0.05, 0.1) is 11.5 Å². The van der Waals surface area contributed by atoms with Gasteiger partial charge in [-0.15, -0.1) is 0 Å². The minimum absolute atomic E-state index is 0.0336. The fourth-order valence-corrected chi connectivity index (χ4v) is 3.30. The highest BCUT2D eigenvalue weighted by molar-refractivity contribution is 6.35. The molecule has 0 radical (unpaired) electrons. The highest BCUT2D eigenvalue weighted by Gasteiger charge is 2.35. The fraction of sp³-hybridized carbons (Fsp3) is 0.176. The van der Waals surface area contributed by atoms with Crippen LogP contribution in [-0.2, 0) is 7.05 Å². The van der Waals surface area contributed by atoms with E-state index in [1.165, 1.54) is 4.57 Å². The number of pyridine rings is 1. The lowest BCUT2D eigenvalue weighted by Crippen LogP contribution is -2.31. The molecule has 1 atom stereocenters. The van der Waals surface area contributed by atoms with Crippen LogP contribution in [0.25, 0.3) is 0 Å². The highest BCUT2D eigenvalue weighted by Crippen LogP contribution is 2.43. The Balaban J connectivity index is 2.38. The third-order valence-corrected chi connectivity index (χ3v) is 4.69. The molecule has 0 bridgehead atoms. The van der Waals surface area contributed by atoms with Gasteiger partial charge in [0.15, 0.2) is 0 Å². The number of allylic oxidation sites excluding steroid dienone is 1. The molecule has 0 amide bonds. The molecule has 7 heteroatoms. The molecule has 0 saturated heterocycles. The molecular formula is C17H13Cl2N3O2. The smallest absolute Gasteiger partial charge is 0.258 e. The molecule has 0 aliphatic carbocycles. The molecule has 5 nitrogen and oxygen atoms in total. The van der Waals surface area contributed by atoms with Crippen LogP contribution in [0.5, 0.6) is 5.75 Å². The zero-order chi connectivity index (χ0) is 17.6. The van der Waals surface area contributed by atoms with Gasteiger partial charge in [0.25, 0.3) is 5.56 Å². The first kappa shape index (κ1) is 16.4. The van der Waals surface area contributed by atoms with Crippen LogP contribution in [0.4, 0.5) is 0 Å². The zero-order valence-corrected chi connectivity index (χ0v) is 14.4. The molecule has 0 fully saturated rings. The van der Waals surface area contributed by atoms with E-state index in [0.29, 0.717) is 32.6 Å². The van der Waals surface area contributed by atoms with Crippen molar-refractivity contribution >= 4 is 23.2 Å². The van der Waals surface area contributed by atoms with E-state index in [9.17, 15) is 10.1 Å². The molecule has 1 unspecified atom stereocenters. The third kappa shape index (κ3) is 2.44. The van der Waals surface area contributed by atoms with Crippen LogP contribution in [0.3, 0.4) is 0 Å². The van der Waals surface area contributed by atoms with Crippen LogP contribution in [0.2, 0.25) is 10.0 Å². The number of hydrogen-bond donors (Lipinski definition) is 1. The van der Waals surface area contributed by atoms with E-state index in [0.717, 1.165) is 0 Å². The van der Waals surface area contributed by atoms with Gasteiger partial charge in [-0.05, 0) is 24.6 Å². The average molecular weight is 362 g/mol. The first-order valence-corrected chi connectivity index (χ1v) is 7.83. The quantitative estimate of drug-likeness (QED) is 0.845. The Bertz CT molecular complexity index is 987. The van der Waals surface area contributed by atoms with Gasteiger partial charge in [-0.25, -0.2) is 0 Å². The molecule has 1 aromatic heterocycles. The zero-order valence-electron chi connectivity index (χ0n) is 12.9. The van der Waals surface area contributed by atoms with E-state index >= 15 is 0 Å². The van der Waals surface area contributed by atoms with Crippen molar-refractivity contribution in [2.24, 2.45) is 12.8 Å². The number of nitrogens with zero attached hydrogens (tertiary/aromatic N) is 2. The maximum atomic E-state index is 12.8. The largest absolute Gasteiger partial charge is 0.440 e. The summed E-state index contributed by atoms with van der Waals surface area (Å²) in [7, 11) is 1.66. The van der Waals surface area contributed by atoms with E-state index in [2.05, 4.69) is 0 Å². The highest BCUT2D eigenvalue weighted by atomic mass is 35.5. The predicted octanol–water partition coefficient (Wildman–Crippen LogP) is 3.22. The summed E-state index contributed by atoms with van der Waals surface area (Å²) < 4.78 is 7.02. The van der Waals surface area contributed by atoms with Gasteiger partial charge in [-0.2, -0.15) is 5.26 Å². The number of aromatic nitrogens is 1. The summed E-state index contributed by atoms with van der Waals surface area (Å²) in [6.07, 6.45) is 0. The minimum Gasteiger partial charge on any atom is -0.440 e. The number of ether oxygens (including phenoxy) is 1. The monoisotopic (exact) mass is 361 g/mol. The Kier molecular flexibility index (Phi) is 4.04. The molecule has 2 N–H and O–H groups in total. The Morgan fingerprint density at radius 1 is 1.33 bits per heavy atom. The Morgan fingerprint density at radius 2 is 2.04 bits per heavy atom. The summed E-state index contributed by atoms with van der Waals surface area (Å²) in [5.41, 5.74) is 7.41. The van der Waals surface area contributed by atoms with E-state index in [4.69, 9.17) is 33.7 Å². The van der Waals surface area contributed by atoms with Gasteiger partial charge < -0.3 is 15.0 Å². The standard InChI is InChI=1S/C17H13Cl2N3O2/c1-8-5-13-15(17(23)22(8)2)14(11(7-20)16(21)24-13)10-4-3-9(18)6-12(10)19/h3-6,14H,21H2,1-2H3. The van der Waals surface area contributed by atoms with Gasteiger partial charge in [-0.1, -0.05) is 29.3 Å². The molecular weight excluding hydrogens is 349 g/mol. The van der Waals surface area contributed by atoms with Gasteiger partial charge in [0.1, 0.15) is 17.4 Å². The molecule has 2 heterocycles. The summed E-state index contributed by atoms with van der Waals surface area (Å²) in [5.74, 6) is -0.403. The lowest BCUT2D eigenvalue weighted by molar-refractivity contribution is 0.389. The SMILES string of the molecule is Cc1cc2c(c(=O)n1C)C(c1ccc(Cl)cc1Cl)C(C#N)=C(N)O2. The van der Waals surface area contributed by atoms with Gasteiger partial charge in [-0.3, -0.25) is 4.79 Å². The summed E-state index contributed by atoms with van der Waals surface area (Å²) in [5, 5.41) is 10.3. The molecule has 122 valence electrons. The molecule has 0 spiro atoms. The van der Waals surface area contributed by atoms with Crippen molar-refractivity contribution in [3.63, 3.8) is 0 Å². The topological polar surface area (TPSA) is 81.0 Å². The normalized spacial score (nSPS) is 16.4. The average Bonchev–Trinajstić information content (AvgIpc) is 2.52. The summed E-state index contributed by atoms with van der Waals surface area (Å²) >= 11 is 12.3. The van der Waals surface area contributed by atoms with Gasteiger partial charge in [0, 0.05) is 28.9 Å². The predicted molar refractivity (Wildman–Crippen MR) is 92.2 cm³/mol. The molecule has 2 aromatic rings. The molecule has 24 heavy (non-hydrogen) atoms. The van der Waals surface area contributed by atoms with Gasteiger partial charge in [0.2, 0.25) is 5.88 Å². The Morgan fingerprint density at radius 3 is 2.67 bits per heavy atom. The van der Waals surface area contributed by atoms with Crippen molar-refractivity contribution in [3.05, 3.63) is 72.9 Å². The van der Waals surface area contributed by atoms with Crippen LogP contribution >= 0.6 is 23.2 Å². The van der Waals surface area contributed by atoms with Crippen molar-refractivity contribution in [1.82, 2.24) is 4.57 Å². The Hall–Kier alpha value is -2.42. The Labute approximate surface area is 148 Å². The summed E-state index contributed by atoms with van der Waals surface area (Å²) in [6, 6.07) is 8.66. The van der Waals surface area contributed by atoms with E-state index < -0.39 is 5.92 Å². The number of benzene rings is 1. The van der Waals surface area contributed by atoms with Crippen molar-refractivity contribution < 1.29 is 4.74 Å². The molecule has 3 rings (SSSR count). The molecule has 1 aromatic carbocycles. The van der Waals surface area contributed by atoms with Crippen LogP contribution in [-0.4, -0.2) is 4.57 Å². The van der Waals surface area contributed by atoms with E-state index in [1.54, 1.807) is 38.2 Å². The molecule has 1 aliphatic heterocycles. The second-order valence-corrected chi connectivity index (χ2v) is 6.36. The lowest BCUT2D eigenvalue weighted by atomic mass is 9.84. The molecule has 1 aliphatic rings.